The summed E-state index contributed by atoms with van der Waals surface area (Å²) in [6.07, 6.45) is 0. The van der Waals surface area contributed by atoms with Gasteiger partial charge in [0.2, 0.25) is 0 Å². The summed E-state index contributed by atoms with van der Waals surface area (Å²) in [6, 6.07) is 17.6. The van der Waals surface area contributed by atoms with Crippen LogP contribution in [0.15, 0.2) is 82.2 Å². The molecular formula is C19H14BrFN2O3S. The number of nitrogens with one attached hydrogen (secondary N) is 2. The highest BCUT2D eigenvalue weighted by Gasteiger charge is 2.15. The maximum Gasteiger partial charge on any atom is 0.261 e. The van der Waals surface area contributed by atoms with E-state index in [1.807, 2.05) is 0 Å². The van der Waals surface area contributed by atoms with Gasteiger partial charge in [0.15, 0.2) is 0 Å². The molecule has 0 unspecified atom stereocenters. The third kappa shape index (κ3) is 4.93. The van der Waals surface area contributed by atoms with E-state index in [1.165, 1.54) is 42.5 Å². The van der Waals surface area contributed by atoms with E-state index in [0.29, 0.717) is 11.4 Å². The molecule has 0 aliphatic heterocycles. The van der Waals surface area contributed by atoms with Crippen LogP contribution in [0.5, 0.6) is 0 Å². The van der Waals surface area contributed by atoms with Gasteiger partial charge in [0.1, 0.15) is 5.82 Å². The van der Waals surface area contributed by atoms with Crippen molar-refractivity contribution in [1.29, 1.82) is 0 Å². The highest BCUT2D eigenvalue weighted by Crippen LogP contribution is 2.21. The van der Waals surface area contributed by atoms with Gasteiger partial charge in [-0.15, -0.1) is 0 Å². The largest absolute Gasteiger partial charge is 0.322 e. The molecule has 0 spiro atoms. The van der Waals surface area contributed by atoms with E-state index in [1.54, 1.807) is 30.3 Å². The Morgan fingerprint density at radius 2 is 1.56 bits per heavy atom. The predicted octanol–water partition coefficient (Wildman–Crippen LogP) is 4.64. The fourth-order valence-electron chi connectivity index (χ4n) is 2.28. The summed E-state index contributed by atoms with van der Waals surface area (Å²) in [5.74, 6) is -0.913. The summed E-state index contributed by atoms with van der Waals surface area (Å²) in [5, 5.41) is 2.60. The molecule has 0 heterocycles. The Balaban J connectivity index is 1.78. The molecule has 0 bridgehead atoms. The van der Waals surface area contributed by atoms with Crippen LogP contribution in [0, 0.1) is 5.82 Å². The second-order valence-electron chi connectivity index (χ2n) is 5.60. The maximum atomic E-state index is 13.0. The van der Waals surface area contributed by atoms with Gasteiger partial charge in [0.25, 0.3) is 15.9 Å². The third-order valence-electron chi connectivity index (χ3n) is 3.61. The summed E-state index contributed by atoms with van der Waals surface area (Å²) >= 11 is 3.29. The Bertz CT molecular complexity index is 1070. The molecule has 8 heteroatoms. The van der Waals surface area contributed by atoms with Crippen LogP contribution in [-0.4, -0.2) is 14.3 Å². The number of sulfonamides is 1. The highest BCUT2D eigenvalue weighted by molar-refractivity contribution is 9.10. The molecule has 27 heavy (non-hydrogen) atoms. The van der Waals surface area contributed by atoms with Gasteiger partial charge in [-0.2, -0.15) is 0 Å². The van der Waals surface area contributed by atoms with Crippen LogP contribution in [0.3, 0.4) is 0 Å². The van der Waals surface area contributed by atoms with Crippen molar-refractivity contribution >= 4 is 43.2 Å². The summed E-state index contributed by atoms with van der Waals surface area (Å²) in [4.78, 5) is 12.2. The molecule has 138 valence electrons. The molecule has 1 amide bonds. The Morgan fingerprint density at radius 3 is 2.22 bits per heavy atom. The molecule has 0 radical (unpaired) electrons. The van der Waals surface area contributed by atoms with Crippen LogP contribution >= 0.6 is 15.9 Å². The van der Waals surface area contributed by atoms with Gasteiger partial charge in [-0.1, -0.05) is 22.0 Å². The van der Waals surface area contributed by atoms with Crippen molar-refractivity contribution in [3.8, 4) is 0 Å². The first-order chi connectivity index (χ1) is 12.8. The summed E-state index contributed by atoms with van der Waals surface area (Å²) < 4.78 is 41.4. The van der Waals surface area contributed by atoms with Crippen LogP contribution in [0.4, 0.5) is 15.8 Å². The van der Waals surface area contributed by atoms with E-state index in [0.717, 1.165) is 4.47 Å². The normalized spacial score (nSPS) is 11.0. The summed E-state index contributed by atoms with van der Waals surface area (Å²) in [6.45, 7) is 0. The molecule has 0 saturated carbocycles. The Hall–Kier alpha value is -2.71. The number of halogens is 2. The SMILES string of the molecule is O=C(Nc1cccc(S(=O)(=O)Nc2ccc(Br)cc2)c1)c1ccc(F)cc1. The second-order valence-corrected chi connectivity index (χ2v) is 8.20. The molecule has 2 N–H and O–H groups in total. The van der Waals surface area contributed by atoms with Gasteiger partial charge >= 0.3 is 0 Å². The topological polar surface area (TPSA) is 75.3 Å². The number of carbonyl (C=O) groups excluding carboxylic acids is 1. The van der Waals surface area contributed by atoms with Crippen molar-refractivity contribution in [2.75, 3.05) is 10.0 Å². The number of carbonyl (C=O) groups is 1. The zero-order valence-corrected chi connectivity index (χ0v) is 16.2. The number of benzene rings is 3. The second kappa shape index (κ2) is 7.89. The zero-order valence-electron chi connectivity index (χ0n) is 13.8. The van der Waals surface area contributed by atoms with Crippen LogP contribution in [0.2, 0.25) is 0 Å². The average Bonchev–Trinajstić information content (AvgIpc) is 2.64. The van der Waals surface area contributed by atoms with Gasteiger partial charge in [-0.05, 0) is 66.7 Å². The van der Waals surface area contributed by atoms with Crippen LogP contribution in [0.25, 0.3) is 0 Å². The molecule has 0 aliphatic rings. The zero-order chi connectivity index (χ0) is 19.4. The monoisotopic (exact) mass is 448 g/mol. The smallest absolute Gasteiger partial charge is 0.261 e. The first-order valence-corrected chi connectivity index (χ1v) is 10.1. The van der Waals surface area contributed by atoms with E-state index < -0.39 is 21.7 Å². The van der Waals surface area contributed by atoms with Crippen molar-refractivity contribution in [2.45, 2.75) is 4.90 Å². The number of hydrogen-bond donors (Lipinski definition) is 2. The minimum Gasteiger partial charge on any atom is -0.322 e. The number of amides is 1. The van der Waals surface area contributed by atoms with Gasteiger partial charge < -0.3 is 5.32 Å². The Kier molecular flexibility index (Phi) is 5.57. The van der Waals surface area contributed by atoms with E-state index >= 15 is 0 Å². The lowest BCUT2D eigenvalue weighted by atomic mass is 10.2. The standard InChI is InChI=1S/C19H14BrFN2O3S/c20-14-6-10-16(11-7-14)23-27(25,26)18-3-1-2-17(12-18)22-19(24)13-4-8-15(21)9-5-13/h1-12,23H,(H,22,24). The third-order valence-corrected chi connectivity index (χ3v) is 5.51. The number of hydrogen-bond acceptors (Lipinski definition) is 3. The van der Waals surface area contributed by atoms with Crippen molar-refractivity contribution in [2.24, 2.45) is 0 Å². The number of anilines is 2. The molecule has 5 nitrogen and oxygen atoms in total. The Labute approximate surface area is 164 Å². The van der Waals surface area contributed by atoms with Crippen molar-refractivity contribution in [1.82, 2.24) is 0 Å². The molecule has 0 fully saturated rings. The first kappa shape index (κ1) is 19.1. The molecule has 3 rings (SSSR count). The first-order valence-electron chi connectivity index (χ1n) is 7.79. The van der Waals surface area contributed by atoms with Crippen molar-refractivity contribution in [3.05, 3.63) is 88.6 Å². The molecule has 0 aromatic heterocycles. The van der Waals surface area contributed by atoms with Gasteiger partial charge in [-0.3, -0.25) is 9.52 Å². The lowest BCUT2D eigenvalue weighted by Gasteiger charge is -2.10. The van der Waals surface area contributed by atoms with E-state index in [-0.39, 0.29) is 10.5 Å². The molecule has 0 saturated heterocycles. The van der Waals surface area contributed by atoms with Gasteiger partial charge in [-0.25, -0.2) is 12.8 Å². The highest BCUT2D eigenvalue weighted by atomic mass is 79.9. The molecule has 0 atom stereocenters. The molecule has 0 aliphatic carbocycles. The van der Waals surface area contributed by atoms with Crippen LogP contribution in [0.1, 0.15) is 10.4 Å². The van der Waals surface area contributed by atoms with Crippen LogP contribution in [-0.2, 0) is 10.0 Å². The average molecular weight is 449 g/mol. The Morgan fingerprint density at radius 1 is 0.889 bits per heavy atom. The van der Waals surface area contributed by atoms with Crippen LogP contribution < -0.4 is 10.0 Å². The summed E-state index contributed by atoms with van der Waals surface area (Å²) in [7, 11) is -3.82. The van der Waals surface area contributed by atoms with E-state index in [2.05, 4.69) is 26.0 Å². The quantitative estimate of drug-likeness (QED) is 0.596. The fourth-order valence-corrected chi connectivity index (χ4v) is 3.65. The van der Waals surface area contributed by atoms with Crippen molar-refractivity contribution in [3.63, 3.8) is 0 Å². The fraction of sp³-hybridized carbons (Fsp3) is 0. The number of rotatable bonds is 5. The molecule has 3 aromatic rings. The maximum absolute atomic E-state index is 13.0. The minimum absolute atomic E-state index is 0.00215. The lowest BCUT2D eigenvalue weighted by molar-refractivity contribution is 0.102. The van der Waals surface area contributed by atoms with Crippen molar-refractivity contribution < 1.29 is 17.6 Å². The van der Waals surface area contributed by atoms with Gasteiger partial charge in [0, 0.05) is 21.4 Å². The molecule has 3 aromatic carbocycles. The predicted molar refractivity (Wildman–Crippen MR) is 106 cm³/mol. The summed E-state index contributed by atoms with van der Waals surface area (Å²) in [5.41, 5.74) is 0.986. The van der Waals surface area contributed by atoms with Gasteiger partial charge in [0.05, 0.1) is 4.90 Å². The minimum atomic E-state index is -3.82. The molecular weight excluding hydrogens is 435 g/mol. The lowest BCUT2D eigenvalue weighted by Crippen LogP contribution is -2.15. The van der Waals surface area contributed by atoms with E-state index in [4.69, 9.17) is 0 Å². The van der Waals surface area contributed by atoms with E-state index in [9.17, 15) is 17.6 Å².